The predicted octanol–water partition coefficient (Wildman–Crippen LogP) is -2.06. The van der Waals surface area contributed by atoms with E-state index in [-0.39, 0.29) is 31.3 Å². The number of carbonyl (C=O) groups is 4. The van der Waals surface area contributed by atoms with Crippen molar-refractivity contribution in [3.8, 4) is 0 Å². The Bertz CT molecular complexity index is 590. The molecular formula is C16H30N6O6. The van der Waals surface area contributed by atoms with Gasteiger partial charge in [-0.05, 0) is 25.2 Å². The number of carboxylic acid groups (broad SMARTS) is 2. The summed E-state index contributed by atoms with van der Waals surface area (Å²) in [5.41, 5.74) is 16.2. The van der Waals surface area contributed by atoms with Crippen LogP contribution in [0.1, 0.15) is 39.5 Å². The molecule has 0 rings (SSSR count). The number of guanidine groups is 1. The molecule has 0 aliphatic carbocycles. The standard InChI is InChI=1S/C16H30N6O6/c1-8(2)12(17)14(26)21-9(4-3-7-20-16(18)19)13(25)22-10(15(27)28)5-6-11(23)24/h8-10,12H,3-7,17H2,1-2H3,(H,21,26)(H,22,25)(H,23,24)(H,27,28)(H4,18,19,20). The van der Waals surface area contributed by atoms with E-state index >= 15 is 0 Å². The molecule has 0 aliphatic rings. The molecule has 3 atom stereocenters. The summed E-state index contributed by atoms with van der Waals surface area (Å²) in [6.45, 7) is 3.69. The average Bonchev–Trinajstić information content (AvgIpc) is 2.59. The van der Waals surface area contributed by atoms with Crippen molar-refractivity contribution in [2.45, 2.75) is 57.7 Å². The highest BCUT2D eigenvalue weighted by Crippen LogP contribution is 2.05. The fourth-order valence-electron chi connectivity index (χ4n) is 2.14. The summed E-state index contributed by atoms with van der Waals surface area (Å²) in [7, 11) is 0. The van der Waals surface area contributed by atoms with Gasteiger partial charge >= 0.3 is 11.9 Å². The molecule has 0 bridgehead atoms. The van der Waals surface area contributed by atoms with Gasteiger partial charge in [0.2, 0.25) is 11.8 Å². The molecule has 12 heteroatoms. The van der Waals surface area contributed by atoms with Gasteiger partial charge in [-0.25, -0.2) is 4.79 Å². The Morgan fingerprint density at radius 2 is 1.54 bits per heavy atom. The molecule has 0 radical (unpaired) electrons. The quantitative estimate of drug-likeness (QED) is 0.102. The molecule has 10 N–H and O–H groups in total. The topological polar surface area (TPSA) is 223 Å². The summed E-state index contributed by atoms with van der Waals surface area (Å²) in [6, 6.07) is -3.33. The zero-order valence-corrected chi connectivity index (χ0v) is 16.1. The smallest absolute Gasteiger partial charge is 0.326 e. The zero-order chi connectivity index (χ0) is 21.9. The van der Waals surface area contributed by atoms with Crippen LogP contribution in [0.15, 0.2) is 4.99 Å². The van der Waals surface area contributed by atoms with E-state index in [1.54, 1.807) is 13.8 Å². The van der Waals surface area contributed by atoms with E-state index in [1.165, 1.54) is 0 Å². The van der Waals surface area contributed by atoms with Crippen LogP contribution < -0.4 is 27.8 Å². The van der Waals surface area contributed by atoms with Crippen LogP contribution in [0.3, 0.4) is 0 Å². The van der Waals surface area contributed by atoms with Crippen molar-refractivity contribution in [2.24, 2.45) is 28.1 Å². The van der Waals surface area contributed by atoms with E-state index in [1.807, 2.05) is 0 Å². The van der Waals surface area contributed by atoms with Gasteiger partial charge in [-0.2, -0.15) is 0 Å². The average molecular weight is 402 g/mol. The maximum Gasteiger partial charge on any atom is 0.326 e. The Hall–Kier alpha value is -2.89. The molecular weight excluding hydrogens is 372 g/mol. The fourth-order valence-corrected chi connectivity index (χ4v) is 2.14. The lowest BCUT2D eigenvalue weighted by molar-refractivity contribution is -0.143. The second-order valence-corrected chi connectivity index (χ2v) is 6.61. The summed E-state index contributed by atoms with van der Waals surface area (Å²) < 4.78 is 0. The highest BCUT2D eigenvalue weighted by atomic mass is 16.4. The van der Waals surface area contributed by atoms with E-state index < -0.39 is 48.3 Å². The number of hydrogen-bond donors (Lipinski definition) is 7. The van der Waals surface area contributed by atoms with Crippen LogP contribution in [0.2, 0.25) is 0 Å². The first kappa shape index (κ1) is 25.1. The Morgan fingerprint density at radius 3 is 2.00 bits per heavy atom. The number of aliphatic carboxylic acids is 2. The second-order valence-electron chi connectivity index (χ2n) is 6.61. The van der Waals surface area contributed by atoms with Crippen LogP contribution in [-0.2, 0) is 19.2 Å². The number of hydrogen-bond acceptors (Lipinski definition) is 6. The summed E-state index contributed by atoms with van der Waals surface area (Å²) in [6.07, 6.45) is -0.266. The molecule has 28 heavy (non-hydrogen) atoms. The normalized spacial score (nSPS) is 13.9. The predicted molar refractivity (Wildman–Crippen MR) is 101 cm³/mol. The van der Waals surface area contributed by atoms with E-state index in [0.29, 0.717) is 6.42 Å². The third kappa shape index (κ3) is 10.3. The van der Waals surface area contributed by atoms with E-state index in [4.69, 9.17) is 22.3 Å². The van der Waals surface area contributed by atoms with Crippen LogP contribution in [0, 0.1) is 5.92 Å². The highest BCUT2D eigenvalue weighted by Gasteiger charge is 2.28. The van der Waals surface area contributed by atoms with Crippen molar-refractivity contribution in [2.75, 3.05) is 6.54 Å². The molecule has 0 saturated carbocycles. The molecule has 12 nitrogen and oxygen atoms in total. The number of rotatable bonds is 13. The first-order chi connectivity index (χ1) is 13.0. The lowest BCUT2D eigenvalue weighted by Crippen LogP contribution is -2.55. The van der Waals surface area contributed by atoms with Crippen LogP contribution >= 0.6 is 0 Å². The number of nitrogens with two attached hydrogens (primary N) is 3. The Balaban J connectivity index is 5.13. The summed E-state index contributed by atoms with van der Waals surface area (Å²) in [5.74, 6) is -4.18. The minimum absolute atomic E-state index is 0.119. The van der Waals surface area contributed by atoms with Crippen LogP contribution in [0.5, 0.6) is 0 Å². The summed E-state index contributed by atoms with van der Waals surface area (Å²) in [4.78, 5) is 50.4. The van der Waals surface area contributed by atoms with Crippen LogP contribution in [-0.4, -0.2) is 64.6 Å². The van der Waals surface area contributed by atoms with Gasteiger partial charge in [-0.15, -0.1) is 0 Å². The van der Waals surface area contributed by atoms with Gasteiger partial charge in [0.25, 0.3) is 0 Å². The van der Waals surface area contributed by atoms with Crippen LogP contribution in [0.4, 0.5) is 0 Å². The SMILES string of the molecule is CC(C)C(N)C(=O)NC(CCCN=C(N)N)C(=O)NC(CCC(=O)O)C(=O)O. The van der Waals surface area contributed by atoms with Gasteiger partial charge < -0.3 is 38.0 Å². The molecule has 2 amide bonds. The van der Waals surface area contributed by atoms with Gasteiger partial charge in [-0.1, -0.05) is 13.8 Å². The Morgan fingerprint density at radius 1 is 0.964 bits per heavy atom. The molecule has 3 unspecified atom stereocenters. The van der Waals surface area contributed by atoms with E-state index in [0.717, 1.165) is 0 Å². The van der Waals surface area contributed by atoms with Gasteiger partial charge in [0.1, 0.15) is 12.1 Å². The van der Waals surface area contributed by atoms with Gasteiger partial charge in [0, 0.05) is 13.0 Å². The zero-order valence-electron chi connectivity index (χ0n) is 16.1. The minimum Gasteiger partial charge on any atom is -0.481 e. The Kier molecular flexibility index (Phi) is 11.2. The van der Waals surface area contributed by atoms with Gasteiger partial charge in [0.15, 0.2) is 5.96 Å². The monoisotopic (exact) mass is 402 g/mol. The van der Waals surface area contributed by atoms with E-state index in [9.17, 15) is 24.3 Å². The molecule has 0 aromatic carbocycles. The Labute approximate surface area is 162 Å². The van der Waals surface area contributed by atoms with E-state index in [2.05, 4.69) is 15.6 Å². The largest absolute Gasteiger partial charge is 0.481 e. The number of amides is 2. The first-order valence-electron chi connectivity index (χ1n) is 8.82. The van der Waals surface area contributed by atoms with Crippen molar-refractivity contribution >= 4 is 29.7 Å². The van der Waals surface area contributed by atoms with Crippen molar-refractivity contribution in [1.82, 2.24) is 10.6 Å². The molecule has 0 spiro atoms. The molecule has 0 aliphatic heterocycles. The maximum absolute atomic E-state index is 12.5. The number of nitrogens with one attached hydrogen (secondary N) is 2. The third-order valence-electron chi connectivity index (χ3n) is 3.86. The fraction of sp³-hybridized carbons (Fsp3) is 0.688. The molecule has 0 saturated heterocycles. The molecule has 0 aromatic heterocycles. The number of nitrogens with zero attached hydrogens (tertiary/aromatic N) is 1. The van der Waals surface area contributed by atoms with Crippen molar-refractivity contribution < 1.29 is 29.4 Å². The van der Waals surface area contributed by atoms with Crippen molar-refractivity contribution in [1.29, 1.82) is 0 Å². The molecule has 0 fully saturated rings. The first-order valence-corrected chi connectivity index (χ1v) is 8.82. The molecule has 160 valence electrons. The maximum atomic E-state index is 12.5. The summed E-state index contributed by atoms with van der Waals surface area (Å²) in [5, 5.41) is 22.6. The lowest BCUT2D eigenvalue weighted by atomic mass is 10.0. The third-order valence-corrected chi connectivity index (χ3v) is 3.86. The number of aliphatic imine (C=N–C) groups is 1. The van der Waals surface area contributed by atoms with Crippen molar-refractivity contribution in [3.05, 3.63) is 0 Å². The number of carbonyl (C=O) groups excluding carboxylic acids is 2. The number of carboxylic acids is 2. The lowest BCUT2D eigenvalue weighted by Gasteiger charge is -2.23. The highest BCUT2D eigenvalue weighted by molar-refractivity contribution is 5.91. The van der Waals surface area contributed by atoms with Crippen LogP contribution in [0.25, 0.3) is 0 Å². The van der Waals surface area contributed by atoms with Crippen molar-refractivity contribution in [3.63, 3.8) is 0 Å². The summed E-state index contributed by atoms with van der Waals surface area (Å²) >= 11 is 0. The minimum atomic E-state index is -1.40. The van der Waals surface area contributed by atoms with Gasteiger partial charge in [-0.3, -0.25) is 19.4 Å². The second kappa shape index (κ2) is 12.5. The van der Waals surface area contributed by atoms with Gasteiger partial charge in [0.05, 0.1) is 6.04 Å². The molecule has 0 aromatic rings. The molecule has 0 heterocycles.